The summed E-state index contributed by atoms with van der Waals surface area (Å²) in [5.74, 6) is 1.43. The van der Waals surface area contributed by atoms with Gasteiger partial charge in [0.15, 0.2) is 18.3 Å². The van der Waals surface area contributed by atoms with E-state index in [1.165, 1.54) is 43.4 Å². The highest BCUT2D eigenvalue weighted by Gasteiger charge is 2.18. The minimum atomic E-state index is -0.405. The highest BCUT2D eigenvalue weighted by atomic mass is 32.1. The first-order valence-corrected chi connectivity index (χ1v) is 14.8. The zero-order valence-corrected chi connectivity index (χ0v) is 24.4. The van der Waals surface area contributed by atoms with Crippen LogP contribution in [-0.2, 0) is 9.47 Å². The van der Waals surface area contributed by atoms with E-state index in [0.717, 1.165) is 34.7 Å². The highest BCUT2D eigenvalue weighted by molar-refractivity contribution is 7.13. The predicted octanol–water partition coefficient (Wildman–Crippen LogP) is 8.16. The molecule has 212 valence electrons. The molecule has 0 aliphatic carbocycles. The summed E-state index contributed by atoms with van der Waals surface area (Å²) in [4.78, 5) is 17.9. The average Bonchev–Trinajstić information content (AvgIpc) is 3.45. The number of hydrogen-bond acceptors (Lipinski definition) is 8. The Kier molecular flexibility index (Phi) is 13.1. The van der Waals surface area contributed by atoms with Gasteiger partial charge < -0.3 is 23.7 Å². The van der Waals surface area contributed by atoms with Gasteiger partial charge >= 0.3 is 5.97 Å². The molecule has 39 heavy (non-hydrogen) atoms. The summed E-state index contributed by atoms with van der Waals surface area (Å²) in [6.45, 7) is 7.64. The van der Waals surface area contributed by atoms with Gasteiger partial charge in [-0.1, -0.05) is 45.4 Å². The molecule has 0 bridgehead atoms. The van der Waals surface area contributed by atoms with Crippen LogP contribution in [0.15, 0.2) is 41.8 Å². The third kappa shape index (κ3) is 9.25. The number of benzene rings is 2. The van der Waals surface area contributed by atoms with Crippen LogP contribution in [-0.4, -0.2) is 44.7 Å². The summed E-state index contributed by atoms with van der Waals surface area (Å²) in [6.07, 6.45) is 8.11. The van der Waals surface area contributed by atoms with Crippen LogP contribution in [0.25, 0.3) is 21.8 Å². The number of unbranched alkanes of at least 4 members (excludes halogenated alkanes) is 6. The number of carbonyl (C=O) groups excluding carboxylic acids is 1. The van der Waals surface area contributed by atoms with E-state index in [1.807, 2.05) is 43.5 Å². The van der Waals surface area contributed by atoms with Crippen LogP contribution >= 0.6 is 11.3 Å². The van der Waals surface area contributed by atoms with Gasteiger partial charge in [-0.2, -0.15) is 0 Å². The maximum atomic E-state index is 13.0. The van der Waals surface area contributed by atoms with Crippen molar-refractivity contribution in [3.8, 4) is 39.1 Å². The van der Waals surface area contributed by atoms with Gasteiger partial charge in [-0.05, 0) is 56.7 Å². The van der Waals surface area contributed by atoms with Gasteiger partial charge in [-0.25, -0.2) is 9.78 Å². The average molecular weight is 556 g/mol. The topological polar surface area (TPSA) is 76.1 Å². The second-order valence-corrected chi connectivity index (χ2v) is 9.94. The van der Waals surface area contributed by atoms with Crippen molar-refractivity contribution >= 4 is 17.3 Å². The zero-order valence-electron chi connectivity index (χ0n) is 23.6. The molecule has 8 heteroatoms. The first-order chi connectivity index (χ1) is 19.1. The monoisotopic (exact) mass is 555 g/mol. The van der Waals surface area contributed by atoms with E-state index in [9.17, 15) is 4.79 Å². The van der Waals surface area contributed by atoms with Gasteiger partial charge in [0.1, 0.15) is 16.3 Å². The predicted molar refractivity (Wildman–Crippen MR) is 156 cm³/mol. The van der Waals surface area contributed by atoms with E-state index in [0.29, 0.717) is 42.6 Å². The van der Waals surface area contributed by atoms with Crippen LogP contribution in [0.2, 0.25) is 0 Å². The SMILES string of the molecule is CCCCCCCCCOC(=O)c1cc(-c2csc(-c3ccc(OCC)c(OCC)c3)n2)ccc1OCOC. The third-order valence-electron chi connectivity index (χ3n) is 6.10. The Morgan fingerprint density at radius 3 is 2.23 bits per heavy atom. The molecule has 7 nitrogen and oxygen atoms in total. The third-order valence-corrected chi connectivity index (χ3v) is 6.99. The second-order valence-electron chi connectivity index (χ2n) is 9.08. The molecule has 3 rings (SSSR count). The number of hydrogen-bond donors (Lipinski definition) is 0. The molecule has 2 aromatic carbocycles. The highest BCUT2D eigenvalue weighted by Crippen LogP contribution is 2.36. The summed E-state index contributed by atoms with van der Waals surface area (Å²) >= 11 is 1.53. The van der Waals surface area contributed by atoms with Crippen LogP contribution in [0.4, 0.5) is 0 Å². The molecule has 0 saturated carbocycles. The van der Waals surface area contributed by atoms with Crippen LogP contribution in [0.1, 0.15) is 76.1 Å². The molecule has 0 atom stereocenters. The minimum absolute atomic E-state index is 0.0398. The fraction of sp³-hybridized carbons (Fsp3) is 0.484. The van der Waals surface area contributed by atoms with Crippen molar-refractivity contribution in [3.63, 3.8) is 0 Å². The number of ether oxygens (including phenoxy) is 5. The molecule has 0 unspecified atom stereocenters. The van der Waals surface area contributed by atoms with Crippen LogP contribution in [0, 0.1) is 0 Å². The molecule has 0 aliphatic rings. The molecule has 0 saturated heterocycles. The van der Waals surface area contributed by atoms with Gasteiger partial charge in [-0.15, -0.1) is 11.3 Å². The normalized spacial score (nSPS) is 10.9. The molecular formula is C31H41NO6S. The Hall–Kier alpha value is -3.10. The van der Waals surface area contributed by atoms with Crippen molar-refractivity contribution < 1.29 is 28.5 Å². The molecule has 0 radical (unpaired) electrons. The standard InChI is InChI=1S/C31H41NO6S/c1-5-8-9-10-11-12-13-18-37-31(33)25-19-23(14-16-27(25)38-22-34-4)26-21-39-30(32-26)24-15-17-28(35-6-2)29(20-24)36-7-3/h14-17,19-21H,5-13,18,22H2,1-4H3. The number of aromatic nitrogens is 1. The summed E-state index contributed by atoms with van der Waals surface area (Å²) in [5.41, 5.74) is 2.87. The lowest BCUT2D eigenvalue weighted by Gasteiger charge is -2.12. The summed E-state index contributed by atoms with van der Waals surface area (Å²) < 4.78 is 27.8. The van der Waals surface area contributed by atoms with E-state index in [1.54, 1.807) is 19.2 Å². The van der Waals surface area contributed by atoms with Crippen molar-refractivity contribution in [2.24, 2.45) is 0 Å². The molecule has 0 N–H and O–H groups in total. The van der Waals surface area contributed by atoms with Crippen molar-refractivity contribution in [2.45, 2.75) is 65.7 Å². The maximum Gasteiger partial charge on any atom is 0.341 e. The summed E-state index contributed by atoms with van der Waals surface area (Å²) in [7, 11) is 1.54. The second kappa shape index (κ2) is 16.8. The minimum Gasteiger partial charge on any atom is -0.490 e. The Morgan fingerprint density at radius 2 is 1.49 bits per heavy atom. The van der Waals surface area contributed by atoms with Gasteiger partial charge in [0.05, 0.1) is 25.5 Å². The van der Waals surface area contributed by atoms with Crippen LogP contribution in [0.5, 0.6) is 17.2 Å². The number of nitrogens with zero attached hydrogens (tertiary/aromatic N) is 1. The molecule has 1 aromatic heterocycles. The number of esters is 1. The van der Waals surface area contributed by atoms with Crippen molar-refractivity contribution in [2.75, 3.05) is 33.7 Å². The lowest BCUT2D eigenvalue weighted by molar-refractivity contribution is 0.0424. The van der Waals surface area contributed by atoms with E-state index < -0.39 is 5.97 Å². The van der Waals surface area contributed by atoms with Gasteiger partial charge in [0.2, 0.25) is 0 Å². The maximum absolute atomic E-state index is 13.0. The molecule has 0 amide bonds. The van der Waals surface area contributed by atoms with Gasteiger partial charge in [0, 0.05) is 23.6 Å². The largest absolute Gasteiger partial charge is 0.490 e. The zero-order chi connectivity index (χ0) is 27.9. The van der Waals surface area contributed by atoms with Crippen LogP contribution < -0.4 is 14.2 Å². The Morgan fingerprint density at radius 1 is 0.795 bits per heavy atom. The van der Waals surface area contributed by atoms with E-state index in [4.69, 9.17) is 28.7 Å². The molecule has 0 fully saturated rings. The lowest BCUT2D eigenvalue weighted by atomic mass is 10.1. The number of carbonyl (C=O) groups is 1. The summed E-state index contributed by atoms with van der Waals surface area (Å²) in [6, 6.07) is 11.3. The van der Waals surface area contributed by atoms with E-state index in [-0.39, 0.29) is 6.79 Å². The molecule has 0 spiro atoms. The van der Waals surface area contributed by atoms with Crippen LogP contribution in [0.3, 0.4) is 0 Å². The Bertz CT molecular complexity index is 1160. The van der Waals surface area contributed by atoms with Crippen molar-refractivity contribution in [3.05, 3.63) is 47.3 Å². The first-order valence-electron chi connectivity index (χ1n) is 13.9. The smallest absolute Gasteiger partial charge is 0.341 e. The fourth-order valence-electron chi connectivity index (χ4n) is 4.12. The van der Waals surface area contributed by atoms with Gasteiger partial charge in [0.25, 0.3) is 0 Å². The van der Waals surface area contributed by atoms with E-state index in [2.05, 4.69) is 6.92 Å². The number of rotatable bonds is 18. The quantitative estimate of drug-likeness (QED) is 0.0890. The Labute approximate surface area is 236 Å². The van der Waals surface area contributed by atoms with Crippen molar-refractivity contribution in [1.29, 1.82) is 0 Å². The van der Waals surface area contributed by atoms with Gasteiger partial charge in [-0.3, -0.25) is 0 Å². The fourth-order valence-corrected chi connectivity index (χ4v) is 4.95. The van der Waals surface area contributed by atoms with E-state index >= 15 is 0 Å². The molecule has 1 heterocycles. The molecule has 3 aromatic rings. The lowest BCUT2D eigenvalue weighted by Crippen LogP contribution is -2.10. The number of thiazole rings is 1. The molecular weight excluding hydrogens is 514 g/mol. The first kappa shape index (κ1) is 30.4. The number of methoxy groups -OCH3 is 1. The molecule has 0 aliphatic heterocycles. The van der Waals surface area contributed by atoms with Crippen molar-refractivity contribution in [1.82, 2.24) is 4.98 Å². The Balaban J connectivity index is 1.73. The summed E-state index contributed by atoms with van der Waals surface area (Å²) in [5, 5.41) is 2.82.